The van der Waals surface area contributed by atoms with Crippen molar-refractivity contribution in [3.63, 3.8) is 0 Å². The van der Waals surface area contributed by atoms with E-state index >= 15 is 0 Å². The molecule has 202 valence electrons. The van der Waals surface area contributed by atoms with E-state index in [1.165, 1.54) is 4.90 Å². The summed E-state index contributed by atoms with van der Waals surface area (Å²) in [4.78, 5) is 44.8. The van der Waals surface area contributed by atoms with Crippen LogP contribution in [0.15, 0.2) is 53.7 Å². The zero-order chi connectivity index (χ0) is 27.6. The van der Waals surface area contributed by atoms with E-state index < -0.39 is 12.0 Å². The molecule has 8 nitrogen and oxygen atoms in total. The zero-order valence-corrected chi connectivity index (χ0v) is 23.6. The van der Waals surface area contributed by atoms with Crippen molar-refractivity contribution in [3.05, 3.63) is 79.9 Å². The lowest BCUT2D eigenvalue weighted by Gasteiger charge is -2.42. The van der Waals surface area contributed by atoms with Gasteiger partial charge in [0, 0.05) is 45.0 Å². The topological polar surface area (TPSA) is 82.2 Å². The predicted octanol–water partition coefficient (Wildman–Crippen LogP) is 5.01. The molecule has 2 aliphatic rings. The lowest BCUT2D eigenvalue weighted by atomic mass is 9.94. The number of urea groups is 1. The first-order valence-electron chi connectivity index (χ1n) is 12.3. The third-order valence-corrected chi connectivity index (χ3v) is 7.98. The number of nitrogens with one attached hydrogen (secondary N) is 1. The molecule has 2 aromatic carbocycles. The van der Waals surface area contributed by atoms with Gasteiger partial charge in [0.05, 0.1) is 38.9 Å². The number of halogens is 3. The summed E-state index contributed by atoms with van der Waals surface area (Å²) < 4.78 is 5.40. The van der Waals surface area contributed by atoms with Crippen molar-refractivity contribution in [2.24, 2.45) is 0 Å². The van der Waals surface area contributed by atoms with E-state index in [0.29, 0.717) is 58.6 Å². The summed E-state index contributed by atoms with van der Waals surface area (Å²) in [5.41, 5.74) is 1.77. The van der Waals surface area contributed by atoms with E-state index in [-0.39, 0.29) is 29.6 Å². The maximum Gasteiger partial charge on any atom is 0.338 e. The zero-order valence-electron chi connectivity index (χ0n) is 21.3. The Labute approximate surface area is 237 Å². The van der Waals surface area contributed by atoms with Crippen molar-refractivity contribution in [1.82, 2.24) is 20.0 Å². The van der Waals surface area contributed by atoms with Gasteiger partial charge in [-0.3, -0.25) is 14.6 Å². The molecule has 0 radical (unpaired) electrons. The van der Waals surface area contributed by atoms with Crippen LogP contribution in [0, 0.1) is 0 Å². The monoisotopic (exact) mass is 578 g/mol. The normalized spacial score (nSPS) is 20.4. The Morgan fingerprint density at radius 3 is 2.45 bits per heavy atom. The lowest BCUT2D eigenvalue weighted by Crippen LogP contribution is -2.56. The Bertz CT molecular complexity index is 1280. The van der Waals surface area contributed by atoms with Crippen LogP contribution in [0.1, 0.15) is 35.8 Å². The van der Waals surface area contributed by atoms with E-state index in [1.54, 1.807) is 61.3 Å². The van der Waals surface area contributed by atoms with E-state index in [2.05, 4.69) is 10.2 Å². The number of carbonyl (C=O) groups is 3. The molecule has 0 aromatic heterocycles. The maximum atomic E-state index is 13.3. The standard InChI is InChI=1S/C27H29Cl3N4O4/c1-4-38-26(36)22-21(32(3)27(37)31-24(22)18-9-7-11-20(29)23(18)30)15-33-12-13-34(16(2)14-33)25(35)17-8-5-6-10-19(17)28/h5-11,16,24H,4,12-15H2,1-3H3,(H,31,37)/t16-,24-/m1/s1. The fraction of sp³-hybridized carbons (Fsp3) is 0.370. The van der Waals surface area contributed by atoms with E-state index in [1.807, 2.05) is 6.92 Å². The van der Waals surface area contributed by atoms with Crippen LogP contribution in [-0.4, -0.2) is 78.5 Å². The Morgan fingerprint density at radius 1 is 1.05 bits per heavy atom. The third-order valence-electron chi connectivity index (χ3n) is 6.81. The molecule has 0 spiro atoms. The molecule has 0 aliphatic carbocycles. The summed E-state index contributed by atoms with van der Waals surface area (Å²) >= 11 is 19.0. The second-order valence-electron chi connectivity index (χ2n) is 9.23. The molecule has 1 fully saturated rings. The molecule has 11 heteroatoms. The summed E-state index contributed by atoms with van der Waals surface area (Å²) in [5.74, 6) is -0.671. The number of nitrogens with zero attached hydrogens (tertiary/aromatic N) is 3. The van der Waals surface area contributed by atoms with Crippen molar-refractivity contribution in [3.8, 4) is 0 Å². The molecule has 0 bridgehead atoms. The Morgan fingerprint density at radius 2 is 1.76 bits per heavy atom. The number of amides is 3. The molecule has 0 unspecified atom stereocenters. The summed E-state index contributed by atoms with van der Waals surface area (Å²) in [7, 11) is 1.61. The Kier molecular flexibility index (Phi) is 8.88. The number of benzene rings is 2. The van der Waals surface area contributed by atoms with Crippen LogP contribution in [0.25, 0.3) is 0 Å². The van der Waals surface area contributed by atoms with Gasteiger partial charge in [-0.05, 0) is 37.6 Å². The number of rotatable bonds is 6. The summed E-state index contributed by atoms with van der Waals surface area (Å²) in [6.45, 7) is 5.70. The largest absolute Gasteiger partial charge is 0.463 e. The molecular weight excluding hydrogens is 551 g/mol. The van der Waals surface area contributed by atoms with Crippen LogP contribution in [0.2, 0.25) is 15.1 Å². The Hall–Kier alpha value is -2.78. The molecule has 2 atom stereocenters. The van der Waals surface area contributed by atoms with Crippen LogP contribution in [0.4, 0.5) is 4.79 Å². The van der Waals surface area contributed by atoms with Crippen LogP contribution in [0.3, 0.4) is 0 Å². The predicted molar refractivity (Wildman–Crippen MR) is 148 cm³/mol. The highest BCUT2D eigenvalue weighted by atomic mass is 35.5. The third kappa shape index (κ3) is 5.64. The molecule has 0 saturated carbocycles. The van der Waals surface area contributed by atoms with Crippen LogP contribution in [0.5, 0.6) is 0 Å². The number of likely N-dealkylation sites (N-methyl/N-ethyl adjacent to an activating group) is 1. The van der Waals surface area contributed by atoms with E-state index in [9.17, 15) is 14.4 Å². The van der Waals surface area contributed by atoms with Gasteiger partial charge in [0.15, 0.2) is 0 Å². The fourth-order valence-corrected chi connectivity index (χ4v) is 5.49. The molecule has 1 saturated heterocycles. The lowest BCUT2D eigenvalue weighted by molar-refractivity contribution is -0.139. The minimum absolute atomic E-state index is 0.125. The highest BCUT2D eigenvalue weighted by molar-refractivity contribution is 6.42. The van der Waals surface area contributed by atoms with Crippen molar-refractivity contribution >= 4 is 52.7 Å². The average molecular weight is 580 g/mol. The molecule has 1 N–H and O–H groups in total. The summed E-state index contributed by atoms with van der Waals surface area (Å²) in [6.07, 6.45) is 0. The SMILES string of the molecule is CCOC(=O)C1=C(CN2CCN(C(=O)c3ccccc3Cl)[C@H](C)C2)N(C)C(=O)N[C@@H]1c1cccc(Cl)c1Cl. The van der Waals surface area contributed by atoms with Gasteiger partial charge in [0.1, 0.15) is 0 Å². The maximum absolute atomic E-state index is 13.3. The first kappa shape index (κ1) is 28.2. The molecule has 3 amide bonds. The van der Waals surface area contributed by atoms with Crippen LogP contribution < -0.4 is 5.32 Å². The van der Waals surface area contributed by atoms with E-state index in [0.717, 1.165) is 0 Å². The number of hydrogen-bond donors (Lipinski definition) is 1. The number of piperazine rings is 1. The van der Waals surface area contributed by atoms with Gasteiger partial charge < -0.3 is 15.0 Å². The first-order valence-corrected chi connectivity index (χ1v) is 13.4. The number of esters is 1. The minimum atomic E-state index is -0.834. The Balaban J connectivity index is 1.64. The second kappa shape index (κ2) is 11.9. The first-order chi connectivity index (χ1) is 18.1. The number of ether oxygens (including phenoxy) is 1. The highest BCUT2D eigenvalue weighted by Gasteiger charge is 2.39. The van der Waals surface area contributed by atoms with E-state index in [4.69, 9.17) is 39.5 Å². The van der Waals surface area contributed by atoms with Gasteiger partial charge in [0.25, 0.3) is 5.91 Å². The molecule has 38 heavy (non-hydrogen) atoms. The van der Waals surface area contributed by atoms with Crippen molar-refractivity contribution in [2.45, 2.75) is 25.9 Å². The fourth-order valence-electron chi connectivity index (χ4n) is 4.85. The van der Waals surface area contributed by atoms with Gasteiger partial charge in [-0.1, -0.05) is 59.1 Å². The van der Waals surface area contributed by atoms with Crippen molar-refractivity contribution in [2.75, 3.05) is 39.8 Å². The molecule has 4 rings (SSSR count). The van der Waals surface area contributed by atoms with Crippen molar-refractivity contribution < 1.29 is 19.1 Å². The van der Waals surface area contributed by atoms with Gasteiger partial charge in [0.2, 0.25) is 0 Å². The molecule has 2 aliphatic heterocycles. The number of hydrogen-bond acceptors (Lipinski definition) is 5. The van der Waals surface area contributed by atoms with Gasteiger partial charge in [-0.15, -0.1) is 0 Å². The molecule has 2 aromatic rings. The summed E-state index contributed by atoms with van der Waals surface area (Å²) in [6, 6.07) is 10.7. The van der Waals surface area contributed by atoms with Gasteiger partial charge >= 0.3 is 12.0 Å². The molecular formula is C27H29Cl3N4O4. The van der Waals surface area contributed by atoms with Gasteiger partial charge in [-0.2, -0.15) is 0 Å². The van der Waals surface area contributed by atoms with Crippen molar-refractivity contribution in [1.29, 1.82) is 0 Å². The number of carbonyl (C=O) groups excluding carboxylic acids is 3. The highest BCUT2D eigenvalue weighted by Crippen LogP contribution is 2.37. The molecule has 2 heterocycles. The van der Waals surface area contributed by atoms with Crippen LogP contribution in [-0.2, 0) is 9.53 Å². The second-order valence-corrected chi connectivity index (χ2v) is 10.4. The van der Waals surface area contributed by atoms with Crippen LogP contribution >= 0.6 is 34.8 Å². The quantitative estimate of drug-likeness (QED) is 0.487. The minimum Gasteiger partial charge on any atom is -0.463 e. The van der Waals surface area contributed by atoms with Gasteiger partial charge in [-0.25, -0.2) is 9.59 Å². The average Bonchev–Trinajstić information content (AvgIpc) is 2.88. The smallest absolute Gasteiger partial charge is 0.338 e. The summed E-state index contributed by atoms with van der Waals surface area (Å²) in [5, 5.41) is 3.85.